The lowest BCUT2D eigenvalue weighted by Crippen LogP contribution is -2.42. The average molecular weight is 332 g/mol. The molecule has 0 saturated heterocycles. The lowest BCUT2D eigenvalue weighted by molar-refractivity contribution is -0.139. The van der Waals surface area contributed by atoms with Gasteiger partial charge < -0.3 is 15.7 Å². The Labute approximate surface area is 139 Å². The third-order valence-electron chi connectivity index (χ3n) is 3.12. The number of thiophene rings is 1. The standard InChI is InChI=1S/C17H20N2O3S/c1-11(2)19-17(22)16(21)18-10-13-8-9-14(23-13)15(20)12-6-4-3-5-7-12/h3-9,11,15,20H,10H2,1-2H3,(H,18,21)(H,19,22). The largest absolute Gasteiger partial charge is 0.383 e. The molecule has 2 aromatic rings. The van der Waals surface area contributed by atoms with Gasteiger partial charge in [-0.2, -0.15) is 0 Å². The van der Waals surface area contributed by atoms with E-state index < -0.39 is 17.9 Å². The number of carbonyl (C=O) groups is 2. The second-order valence-electron chi connectivity index (χ2n) is 5.43. The molecule has 2 rings (SSSR count). The maximum absolute atomic E-state index is 11.6. The molecule has 0 aliphatic heterocycles. The first-order valence-electron chi connectivity index (χ1n) is 7.37. The number of carbonyl (C=O) groups excluding carboxylic acids is 2. The molecule has 2 amide bonds. The zero-order chi connectivity index (χ0) is 16.8. The van der Waals surface area contributed by atoms with Crippen LogP contribution in [0.2, 0.25) is 0 Å². The van der Waals surface area contributed by atoms with Crippen LogP contribution in [0.25, 0.3) is 0 Å². The van der Waals surface area contributed by atoms with Gasteiger partial charge in [-0.3, -0.25) is 9.59 Å². The fourth-order valence-electron chi connectivity index (χ4n) is 2.01. The zero-order valence-electron chi connectivity index (χ0n) is 13.1. The Hall–Kier alpha value is -2.18. The predicted molar refractivity (Wildman–Crippen MR) is 89.9 cm³/mol. The van der Waals surface area contributed by atoms with Gasteiger partial charge in [0.15, 0.2) is 0 Å². The molecule has 0 bridgehead atoms. The molecule has 0 spiro atoms. The number of hydrogen-bond donors (Lipinski definition) is 3. The van der Waals surface area contributed by atoms with E-state index in [0.717, 1.165) is 15.3 Å². The van der Waals surface area contributed by atoms with E-state index in [2.05, 4.69) is 10.6 Å². The lowest BCUT2D eigenvalue weighted by atomic mass is 10.1. The van der Waals surface area contributed by atoms with Gasteiger partial charge in [-0.05, 0) is 31.5 Å². The highest BCUT2D eigenvalue weighted by molar-refractivity contribution is 7.12. The summed E-state index contributed by atoms with van der Waals surface area (Å²) < 4.78 is 0. The SMILES string of the molecule is CC(C)NC(=O)C(=O)NCc1ccc(C(O)c2ccccc2)s1. The first kappa shape index (κ1) is 17.2. The van der Waals surface area contributed by atoms with Crippen molar-refractivity contribution in [2.24, 2.45) is 0 Å². The van der Waals surface area contributed by atoms with Gasteiger partial charge in [0.25, 0.3) is 0 Å². The van der Waals surface area contributed by atoms with E-state index in [1.54, 1.807) is 13.8 Å². The monoisotopic (exact) mass is 332 g/mol. The van der Waals surface area contributed by atoms with Crippen molar-refractivity contribution in [1.82, 2.24) is 10.6 Å². The molecule has 3 N–H and O–H groups in total. The average Bonchev–Trinajstić information content (AvgIpc) is 3.01. The maximum atomic E-state index is 11.6. The van der Waals surface area contributed by atoms with Gasteiger partial charge in [0.05, 0.1) is 6.54 Å². The summed E-state index contributed by atoms with van der Waals surface area (Å²) in [5.74, 6) is -1.29. The number of nitrogens with one attached hydrogen (secondary N) is 2. The molecule has 122 valence electrons. The van der Waals surface area contributed by atoms with Crippen LogP contribution in [0, 0.1) is 0 Å². The number of amides is 2. The molecule has 0 aliphatic carbocycles. The minimum absolute atomic E-state index is 0.0809. The molecule has 23 heavy (non-hydrogen) atoms. The van der Waals surface area contributed by atoms with Crippen LogP contribution in [0.1, 0.15) is 35.3 Å². The van der Waals surface area contributed by atoms with Gasteiger partial charge in [-0.1, -0.05) is 30.3 Å². The van der Waals surface area contributed by atoms with Crippen molar-refractivity contribution in [3.8, 4) is 0 Å². The second-order valence-corrected chi connectivity index (χ2v) is 6.63. The van der Waals surface area contributed by atoms with Crippen LogP contribution >= 0.6 is 11.3 Å². The molecule has 1 aromatic carbocycles. The number of hydrogen-bond acceptors (Lipinski definition) is 4. The van der Waals surface area contributed by atoms with Crippen molar-refractivity contribution < 1.29 is 14.7 Å². The van der Waals surface area contributed by atoms with Crippen LogP contribution in [0.3, 0.4) is 0 Å². The van der Waals surface area contributed by atoms with Gasteiger partial charge >= 0.3 is 11.8 Å². The smallest absolute Gasteiger partial charge is 0.309 e. The molecule has 0 aliphatic rings. The molecule has 1 unspecified atom stereocenters. The topological polar surface area (TPSA) is 78.4 Å². The van der Waals surface area contributed by atoms with Crippen LogP contribution < -0.4 is 10.6 Å². The first-order valence-corrected chi connectivity index (χ1v) is 8.19. The van der Waals surface area contributed by atoms with Gasteiger partial charge in [-0.15, -0.1) is 11.3 Å². The Morgan fingerprint density at radius 1 is 1.09 bits per heavy atom. The first-order chi connectivity index (χ1) is 11.0. The van der Waals surface area contributed by atoms with Gasteiger partial charge in [0.2, 0.25) is 0 Å². The van der Waals surface area contributed by atoms with Crippen LogP contribution in [0.4, 0.5) is 0 Å². The molecule has 1 aromatic heterocycles. The molecular formula is C17H20N2O3S. The van der Waals surface area contributed by atoms with E-state index in [0.29, 0.717) is 0 Å². The molecule has 1 heterocycles. The van der Waals surface area contributed by atoms with E-state index in [4.69, 9.17) is 0 Å². The summed E-state index contributed by atoms with van der Waals surface area (Å²) in [6.45, 7) is 3.85. The summed E-state index contributed by atoms with van der Waals surface area (Å²) in [7, 11) is 0. The summed E-state index contributed by atoms with van der Waals surface area (Å²) in [6.07, 6.45) is -0.685. The highest BCUT2D eigenvalue weighted by atomic mass is 32.1. The molecule has 5 nitrogen and oxygen atoms in total. The molecule has 0 radical (unpaired) electrons. The van der Waals surface area contributed by atoms with Gasteiger partial charge in [0.1, 0.15) is 6.10 Å². The fraction of sp³-hybridized carbons (Fsp3) is 0.294. The highest BCUT2D eigenvalue weighted by Crippen LogP contribution is 2.28. The molecule has 0 fully saturated rings. The van der Waals surface area contributed by atoms with Crippen LogP contribution in [0.15, 0.2) is 42.5 Å². The summed E-state index contributed by atoms with van der Waals surface area (Å²) in [6, 6.07) is 13.0. The van der Waals surface area contributed by atoms with E-state index in [1.807, 2.05) is 42.5 Å². The van der Waals surface area contributed by atoms with E-state index >= 15 is 0 Å². The number of benzene rings is 1. The minimum atomic E-state index is -0.685. The van der Waals surface area contributed by atoms with Crippen molar-refractivity contribution in [3.63, 3.8) is 0 Å². The van der Waals surface area contributed by atoms with Gasteiger partial charge in [0, 0.05) is 15.8 Å². The Kier molecular flexibility index (Phi) is 5.90. The summed E-state index contributed by atoms with van der Waals surface area (Å²) in [5.41, 5.74) is 0.821. The third kappa shape index (κ3) is 4.91. The number of aliphatic hydroxyl groups excluding tert-OH is 1. The summed E-state index contributed by atoms with van der Waals surface area (Å²) in [5, 5.41) is 15.4. The predicted octanol–water partition coefficient (Wildman–Crippen LogP) is 1.97. The summed E-state index contributed by atoms with van der Waals surface area (Å²) >= 11 is 1.41. The number of rotatable bonds is 5. The van der Waals surface area contributed by atoms with Gasteiger partial charge in [-0.25, -0.2) is 0 Å². The molecule has 6 heteroatoms. The molecule has 0 saturated carbocycles. The lowest BCUT2D eigenvalue weighted by Gasteiger charge is -2.09. The zero-order valence-corrected chi connectivity index (χ0v) is 13.9. The van der Waals surface area contributed by atoms with E-state index in [1.165, 1.54) is 11.3 Å². The molecular weight excluding hydrogens is 312 g/mol. The number of aliphatic hydroxyl groups is 1. The van der Waals surface area contributed by atoms with Crippen LogP contribution in [-0.4, -0.2) is 23.0 Å². The third-order valence-corrected chi connectivity index (χ3v) is 4.25. The van der Waals surface area contributed by atoms with Crippen molar-refractivity contribution in [3.05, 3.63) is 57.8 Å². The van der Waals surface area contributed by atoms with Crippen LogP contribution in [-0.2, 0) is 16.1 Å². The van der Waals surface area contributed by atoms with Crippen molar-refractivity contribution in [1.29, 1.82) is 0 Å². The van der Waals surface area contributed by atoms with Crippen molar-refractivity contribution >= 4 is 23.2 Å². The maximum Gasteiger partial charge on any atom is 0.309 e. The quantitative estimate of drug-likeness (QED) is 0.733. The normalized spacial score (nSPS) is 12.0. The second kappa shape index (κ2) is 7.89. The highest BCUT2D eigenvalue weighted by Gasteiger charge is 2.16. The Bertz CT molecular complexity index is 667. The molecule has 1 atom stereocenters. The summed E-state index contributed by atoms with van der Waals surface area (Å²) in [4.78, 5) is 24.8. The fourth-order valence-corrected chi connectivity index (χ4v) is 2.98. The minimum Gasteiger partial charge on any atom is -0.383 e. The van der Waals surface area contributed by atoms with Crippen LogP contribution in [0.5, 0.6) is 0 Å². The van der Waals surface area contributed by atoms with Crippen molar-refractivity contribution in [2.45, 2.75) is 32.5 Å². The Morgan fingerprint density at radius 3 is 2.43 bits per heavy atom. The Balaban J connectivity index is 1.92. The van der Waals surface area contributed by atoms with E-state index in [9.17, 15) is 14.7 Å². The Morgan fingerprint density at radius 2 is 1.78 bits per heavy atom. The van der Waals surface area contributed by atoms with Crippen molar-refractivity contribution in [2.75, 3.05) is 0 Å². The van der Waals surface area contributed by atoms with E-state index in [-0.39, 0.29) is 12.6 Å².